The highest BCUT2D eigenvalue weighted by atomic mass is 16.3. The summed E-state index contributed by atoms with van der Waals surface area (Å²) in [5.41, 5.74) is -0.242. The van der Waals surface area contributed by atoms with Crippen LogP contribution in [0, 0.1) is 11.8 Å². The molecule has 0 aliphatic heterocycles. The third-order valence-electron chi connectivity index (χ3n) is 3.01. The van der Waals surface area contributed by atoms with Crippen molar-refractivity contribution in [2.45, 2.75) is 38.2 Å². The Morgan fingerprint density at radius 2 is 2.00 bits per heavy atom. The van der Waals surface area contributed by atoms with Gasteiger partial charge in [-0.15, -0.1) is 0 Å². The first-order valence-electron chi connectivity index (χ1n) is 3.96. The highest BCUT2D eigenvalue weighted by molar-refractivity contribution is 5.03. The molecule has 1 N–H and O–H groups in total. The lowest BCUT2D eigenvalue weighted by atomic mass is 9.95. The van der Waals surface area contributed by atoms with Gasteiger partial charge in [0.25, 0.3) is 0 Å². The van der Waals surface area contributed by atoms with Crippen molar-refractivity contribution in [2.24, 2.45) is 11.8 Å². The van der Waals surface area contributed by atoms with E-state index in [2.05, 4.69) is 6.92 Å². The first kappa shape index (κ1) is 5.72. The van der Waals surface area contributed by atoms with Crippen molar-refractivity contribution < 1.29 is 5.11 Å². The first-order valence-corrected chi connectivity index (χ1v) is 3.96. The molecule has 0 radical (unpaired) electrons. The molecule has 0 spiro atoms. The van der Waals surface area contributed by atoms with Crippen LogP contribution in [0.1, 0.15) is 32.6 Å². The van der Waals surface area contributed by atoms with E-state index in [1.54, 1.807) is 0 Å². The molecule has 0 aromatic heterocycles. The van der Waals surface area contributed by atoms with Crippen molar-refractivity contribution >= 4 is 0 Å². The molecule has 0 amide bonds. The van der Waals surface area contributed by atoms with Crippen LogP contribution in [0.3, 0.4) is 0 Å². The Labute approximate surface area is 56.1 Å². The molecule has 1 nitrogen and oxygen atoms in total. The number of aliphatic hydroxyl groups is 1. The minimum absolute atomic E-state index is 0.242. The van der Waals surface area contributed by atoms with Crippen molar-refractivity contribution in [2.75, 3.05) is 0 Å². The lowest BCUT2D eigenvalue weighted by molar-refractivity contribution is 0.0312. The summed E-state index contributed by atoms with van der Waals surface area (Å²) in [5.74, 6) is 1.82. The second-order valence-electron chi connectivity index (χ2n) is 3.74. The molecule has 0 heterocycles. The molecule has 3 atom stereocenters. The van der Waals surface area contributed by atoms with E-state index in [-0.39, 0.29) is 5.60 Å². The van der Waals surface area contributed by atoms with Crippen LogP contribution < -0.4 is 0 Å². The Kier molecular flexibility index (Phi) is 0.963. The van der Waals surface area contributed by atoms with Crippen LogP contribution in [0.5, 0.6) is 0 Å². The lowest BCUT2D eigenvalue weighted by Crippen LogP contribution is -2.24. The number of hydrogen-bond donors (Lipinski definition) is 1. The third-order valence-corrected chi connectivity index (χ3v) is 3.01. The van der Waals surface area contributed by atoms with Gasteiger partial charge in [0.1, 0.15) is 0 Å². The van der Waals surface area contributed by atoms with E-state index in [1.165, 1.54) is 6.42 Å². The summed E-state index contributed by atoms with van der Waals surface area (Å²) in [5, 5.41) is 9.70. The lowest BCUT2D eigenvalue weighted by Gasteiger charge is -2.21. The Morgan fingerprint density at radius 1 is 1.44 bits per heavy atom. The van der Waals surface area contributed by atoms with Crippen LogP contribution in [0.2, 0.25) is 0 Å². The van der Waals surface area contributed by atoms with Gasteiger partial charge in [-0.3, -0.25) is 0 Å². The van der Waals surface area contributed by atoms with Crippen LogP contribution >= 0.6 is 0 Å². The predicted octanol–water partition coefficient (Wildman–Crippen LogP) is 1.56. The van der Waals surface area contributed by atoms with Crippen LogP contribution in [-0.2, 0) is 0 Å². The smallest absolute Gasteiger partial charge is 0.0650 e. The fourth-order valence-electron chi connectivity index (χ4n) is 2.16. The molecule has 0 saturated heterocycles. The Hall–Kier alpha value is -0.0400. The monoisotopic (exact) mass is 126 g/mol. The molecule has 2 rings (SSSR count). The molecule has 9 heavy (non-hydrogen) atoms. The highest BCUT2D eigenvalue weighted by Gasteiger charge is 2.51. The second-order valence-corrected chi connectivity index (χ2v) is 3.74. The fraction of sp³-hybridized carbons (Fsp3) is 1.00. The molecule has 2 saturated carbocycles. The molecule has 1 unspecified atom stereocenters. The number of hydrogen-bond acceptors (Lipinski definition) is 1. The number of fused-ring (bicyclic) bond motifs is 1. The molecule has 0 bridgehead atoms. The van der Waals surface area contributed by atoms with Gasteiger partial charge in [0.15, 0.2) is 0 Å². The van der Waals surface area contributed by atoms with E-state index in [0.29, 0.717) is 0 Å². The average molecular weight is 126 g/mol. The summed E-state index contributed by atoms with van der Waals surface area (Å²) in [7, 11) is 0. The quantitative estimate of drug-likeness (QED) is 0.565. The van der Waals surface area contributed by atoms with E-state index in [9.17, 15) is 5.11 Å². The molecule has 0 aromatic carbocycles. The van der Waals surface area contributed by atoms with E-state index in [0.717, 1.165) is 31.1 Å². The summed E-state index contributed by atoms with van der Waals surface area (Å²) < 4.78 is 0. The van der Waals surface area contributed by atoms with Gasteiger partial charge < -0.3 is 5.11 Å². The van der Waals surface area contributed by atoms with Crippen LogP contribution in [0.25, 0.3) is 0 Å². The molecular formula is C8H14O. The molecular weight excluding hydrogens is 112 g/mol. The zero-order valence-electron chi connectivity index (χ0n) is 5.93. The van der Waals surface area contributed by atoms with Crippen molar-refractivity contribution in [1.82, 2.24) is 0 Å². The van der Waals surface area contributed by atoms with E-state index in [1.807, 2.05) is 0 Å². The van der Waals surface area contributed by atoms with Crippen molar-refractivity contribution in [3.05, 3.63) is 0 Å². The van der Waals surface area contributed by atoms with Gasteiger partial charge in [0.05, 0.1) is 5.60 Å². The van der Waals surface area contributed by atoms with Gasteiger partial charge in [0.2, 0.25) is 0 Å². The first-order chi connectivity index (χ1) is 4.23. The Balaban J connectivity index is 2.02. The maximum Gasteiger partial charge on any atom is 0.0650 e. The van der Waals surface area contributed by atoms with Crippen molar-refractivity contribution in [3.8, 4) is 0 Å². The second kappa shape index (κ2) is 1.51. The molecule has 2 aliphatic rings. The number of rotatable bonds is 1. The average Bonchev–Trinajstić information content (AvgIpc) is 2.42. The highest BCUT2D eigenvalue weighted by Crippen LogP contribution is 2.56. The molecule has 2 fully saturated rings. The summed E-state index contributed by atoms with van der Waals surface area (Å²) in [6.07, 6.45) is 4.55. The summed E-state index contributed by atoms with van der Waals surface area (Å²) in [6, 6.07) is 0. The minimum Gasteiger partial charge on any atom is -0.390 e. The summed E-state index contributed by atoms with van der Waals surface area (Å²) in [4.78, 5) is 0. The van der Waals surface area contributed by atoms with Gasteiger partial charge in [-0.2, -0.15) is 0 Å². The minimum atomic E-state index is -0.242. The maximum atomic E-state index is 9.70. The Morgan fingerprint density at radius 3 is 2.33 bits per heavy atom. The van der Waals surface area contributed by atoms with E-state index in [4.69, 9.17) is 0 Å². The predicted molar refractivity (Wildman–Crippen MR) is 36.1 cm³/mol. The van der Waals surface area contributed by atoms with Crippen LogP contribution in [0.4, 0.5) is 0 Å². The van der Waals surface area contributed by atoms with Gasteiger partial charge >= 0.3 is 0 Å². The standard InChI is InChI=1S/C8H14O/c1-2-8(9)4-6-3-7(6)5-8/h6-7,9H,2-5H2,1H3/t6-,7+,8?. The zero-order valence-corrected chi connectivity index (χ0v) is 5.93. The summed E-state index contributed by atoms with van der Waals surface area (Å²) >= 11 is 0. The topological polar surface area (TPSA) is 20.2 Å². The SMILES string of the molecule is CCC1(O)C[C@H]2C[C@H]2C1. The van der Waals surface area contributed by atoms with E-state index < -0.39 is 0 Å². The van der Waals surface area contributed by atoms with Crippen LogP contribution in [-0.4, -0.2) is 10.7 Å². The molecule has 0 aromatic rings. The van der Waals surface area contributed by atoms with Gasteiger partial charge in [-0.25, -0.2) is 0 Å². The van der Waals surface area contributed by atoms with Crippen LogP contribution in [0.15, 0.2) is 0 Å². The molecule has 52 valence electrons. The normalized spacial score (nSPS) is 55.3. The van der Waals surface area contributed by atoms with E-state index >= 15 is 0 Å². The Bertz CT molecular complexity index is 121. The third kappa shape index (κ3) is 0.787. The van der Waals surface area contributed by atoms with Gasteiger partial charge in [-0.05, 0) is 37.5 Å². The van der Waals surface area contributed by atoms with Crippen molar-refractivity contribution in [3.63, 3.8) is 0 Å². The zero-order chi connectivity index (χ0) is 6.48. The largest absolute Gasteiger partial charge is 0.390 e. The van der Waals surface area contributed by atoms with Crippen molar-refractivity contribution in [1.29, 1.82) is 0 Å². The van der Waals surface area contributed by atoms with Gasteiger partial charge in [-0.1, -0.05) is 6.92 Å². The molecule has 1 heteroatoms. The van der Waals surface area contributed by atoms with Gasteiger partial charge in [0, 0.05) is 0 Å². The summed E-state index contributed by atoms with van der Waals surface area (Å²) in [6.45, 7) is 2.09. The molecule has 2 aliphatic carbocycles. The fourth-order valence-corrected chi connectivity index (χ4v) is 2.16. The maximum absolute atomic E-state index is 9.70.